The van der Waals surface area contributed by atoms with Crippen LogP contribution in [0.5, 0.6) is 0 Å². The number of nitrogens with zero attached hydrogens (tertiary/aromatic N) is 3. The van der Waals surface area contributed by atoms with Crippen LogP contribution in [-0.2, 0) is 27.1 Å². The molecule has 39 heavy (non-hydrogen) atoms. The van der Waals surface area contributed by atoms with Crippen LogP contribution in [0.1, 0.15) is 40.6 Å². The smallest absolute Gasteiger partial charge is 0.372 e. The van der Waals surface area contributed by atoms with Crippen LogP contribution < -0.4 is 4.90 Å². The number of carbonyl (C=O) groups excluding carboxylic acids is 2. The van der Waals surface area contributed by atoms with Crippen molar-refractivity contribution in [3.05, 3.63) is 65.0 Å². The molecular formula is C28H29F6N3O2. The highest BCUT2D eigenvalue weighted by Gasteiger charge is 2.57. The summed E-state index contributed by atoms with van der Waals surface area (Å²) in [6.45, 7) is -2.50. The summed E-state index contributed by atoms with van der Waals surface area (Å²) in [5.74, 6) is -2.57. The van der Waals surface area contributed by atoms with Gasteiger partial charge in [-0.2, -0.15) is 13.2 Å². The van der Waals surface area contributed by atoms with Crippen LogP contribution in [0.3, 0.4) is 0 Å². The standard InChI is InChI=1S/C28H29F6N3O2/c1-26(31,28(32,33)34)17-7-8-19-21(12-17)35(2)15-23-27(19,14-16-5-4-6-18(29)11-16)9-10-37(23)25(39)22-13-20(30)24(38)36(22)3/h4-8,11-12,20,22-23H,9-10,13-15H2,1-3H3/t20-,22-,23?,26?,27?/m0/s1/i3D3. The molecule has 3 aliphatic heterocycles. The van der Waals surface area contributed by atoms with Crippen LogP contribution in [0, 0.1) is 5.82 Å². The molecule has 0 aliphatic carbocycles. The molecule has 210 valence electrons. The third-order valence-corrected chi connectivity index (χ3v) is 8.50. The fourth-order valence-corrected chi connectivity index (χ4v) is 6.30. The molecule has 3 heterocycles. The first-order valence-corrected chi connectivity index (χ1v) is 12.5. The number of hydrogen-bond donors (Lipinski definition) is 0. The molecule has 3 unspecified atom stereocenters. The SMILES string of the molecule is [2H]C([2H])([2H])N1C(=O)[C@@H](F)C[C@H]1C(=O)N1CCC2(Cc3cccc(F)c3)c3ccc(C(C)(F)C(F)(F)F)cc3N(C)CC12. The number of rotatable bonds is 4. The first-order chi connectivity index (χ1) is 19.4. The first kappa shape index (κ1) is 23.6. The maximum Gasteiger partial charge on any atom is 0.426 e. The van der Waals surface area contributed by atoms with E-state index in [1.165, 1.54) is 29.2 Å². The molecule has 2 aromatic rings. The van der Waals surface area contributed by atoms with E-state index in [1.54, 1.807) is 18.0 Å². The average molecular weight is 557 g/mol. The molecule has 0 saturated carbocycles. The van der Waals surface area contributed by atoms with Gasteiger partial charge < -0.3 is 14.7 Å². The van der Waals surface area contributed by atoms with Gasteiger partial charge in [0.15, 0.2) is 6.17 Å². The van der Waals surface area contributed by atoms with Crippen molar-refractivity contribution >= 4 is 17.5 Å². The minimum atomic E-state index is -5.17. The molecule has 2 aromatic carbocycles. The second kappa shape index (κ2) is 9.16. The van der Waals surface area contributed by atoms with Crippen molar-refractivity contribution in [2.45, 2.75) is 61.7 Å². The van der Waals surface area contributed by atoms with E-state index in [0.717, 1.165) is 12.1 Å². The second-order valence-electron chi connectivity index (χ2n) is 10.8. The molecule has 2 fully saturated rings. The van der Waals surface area contributed by atoms with Crippen molar-refractivity contribution in [1.29, 1.82) is 0 Å². The van der Waals surface area contributed by atoms with E-state index in [9.17, 15) is 35.9 Å². The highest BCUT2D eigenvalue weighted by Crippen LogP contribution is 2.52. The Kier molecular flexibility index (Phi) is 5.55. The molecule has 2 amide bonds. The molecular weight excluding hydrogens is 524 g/mol. The number of likely N-dealkylation sites (tertiary alicyclic amines) is 2. The fourth-order valence-electron chi connectivity index (χ4n) is 6.30. The number of hydrogen-bond acceptors (Lipinski definition) is 3. The summed E-state index contributed by atoms with van der Waals surface area (Å²) in [5, 5.41) is 0. The van der Waals surface area contributed by atoms with Crippen molar-refractivity contribution in [2.24, 2.45) is 0 Å². The minimum Gasteiger partial charge on any atom is -0.372 e. The topological polar surface area (TPSA) is 43.9 Å². The molecule has 2 saturated heterocycles. The van der Waals surface area contributed by atoms with Gasteiger partial charge >= 0.3 is 6.18 Å². The predicted molar refractivity (Wildman–Crippen MR) is 132 cm³/mol. The molecule has 0 aromatic heterocycles. The molecule has 5 nitrogen and oxygen atoms in total. The van der Waals surface area contributed by atoms with Crippen molar-refractivity contribution in [3.8, 4) is 0 Å². The maximum absolute atomic E-state index is 15.0. The third kappa shape index (κ3) is 4.24. The lowest BCUT2D eigenvalue weighted by Gasteiger charge is -2.48. The zero-order chi connectivity index (χ0) is 31.0. The lowest BCUT2D eigenvalue weighted by Crippen LogP contribution is -2.58. The highest BCUT2D eigenvalue weighted by molar-refractivity contribution is 5.93. The van der Waals surface area contributed by atoms with Crippen molar-refractivity contribution < 1.29 is 40.0 Å². The summed E-state index contributed by atoms with van der Waals surface area (Å²) in [5.41, 5.74) is -3.85. The Morgan fingerprint density at radius 1 is 1.18 bits per heavy atom. The van der Waals surface area contributed by atoms with Crippen LogP contribution in [0.4, 0.5) is 32.0 Å². The van der Waals surface area contributed by atoms with Gasteiger partial charge in [-0.25, -0.2) is 13.2 Å². The van der Waals surface area contributed by atoms with E-state index in [-0.39, 0.29) is 25.9 Å². The number of anilines is 1. The van der Waals surface area contributed by atoms with Crippen LogP contribution >= 0.6 is 0 Å². The highest BCUT2D eigenvalue weighted by atomic mass is 19.4. The summed E-state index contributed by atoms with van der Waals surface area (Å²) < 4.78 is 107. The van der Waals surface area contributed by atoms with Gasteiger partial charge in [-0.15, -0.1) is 0 Å². The summed E-state index contributed by atoms with van der Waals surface area (Å²) in [6.07, 6.45) is -7.55. The number of fused-ring (bicyclic) bond motifs is 3. The van der Waals surface area contributed by atoms with Crippen LogP contribution in [0.25, 0.3) is 0 Å². The fraction of sp³-hybridized carbons (Fsp3) is 0.500. The Labute approximate surface area is 226 Å². The molecule has 0 radical (unpaired) electrons. The lowest BCUT2D eigenvalue weighted by atomic mass is 9.67. The average Bonchev–Trinajstić information content (AvgIpc) is 3.40. The largest absolute Gasteiger partial charge is 0.426 e. The monoisotopic (exact) mass is 556 g/mol. The number of carbonyl (C=O) groups is 2. The molecule has 0 N–H and O–H groups in total. The third-order valence-electron chi connectivity index (χ3n) is 8.50. The quantitative estimate of drug-likeness (QED) is 0.515. The van der Waals surface area contributed by atoms with Crippen molar-refractivity contribution in [3.63, 3.8) is 0 Å². The van der Waals surface area contributed by atoms with Gasteiger partial charge in [0.25, 0.3) is 5.91 Å². The van der Waals surface area contributed by atoms with Gasteiger partial charge in [0.2, 0.25) is 11.6 Å². The Morgan fingerprint density at radius 3 is 2.59 bits per heavy atom. The molecule has 0 spiro atoms. The molecule has 3 aliphatic rings. The van der Waals surface area contributed by atoms with E-state index in [0.29, 0.717) is 28.6 Å². The number of benzene rings is 2. The normalized spacial score (nSPS) is 29.8. The number of alkyl halides is 5. The van der Waals surface area contributed by atoms with Crippen LogP contribution in [0.2, 0.25) is 0 Å². The van der Waals surface area contributed by atoms with Crippen molar-refractivity contribution in [1.82, 2.24) is 9.80 Å². The predicted octanol–water partition coefficient (Wildman–Crippen LogP) is 4.67. The summed E-state index contributed by atoms with van der Waals surface area (Å²) >= 11 is 0. The first-order valence-electron chi connectivity index (χ1n) is 14.0. The molecule has 11 heteroatoms. The van der Waals surface area contributed by atoms with E-state index in [2.05, 4.69) is 0 Å². The van der Waals surface area contributed by atoms with Crippen LogP contribution in [0.15, 0.2) is 42.5 Å². The van der Waals surface area contributed by atoms with Crippen LogP contribution in [-0.4, -0.2) is 73.2 Å². The van der Waals surface area contributed by atoms with E-state index in [4.69, 9.17) is 4.11 Å². The van der Waals surface area contributed by atoms with Gasteiger partial charge in [0.1, 0.15) is 11.9 Å². The molecule has 0 bridgehead atoms. The number of halogens is 6. The summed E-state index contributed by atoms with van der Waals surface area (Å²) in [4.78, 5) is 29.5. The van der Waals surface area contributed by atoms with Gasteiger partial charge in [-0.1, -0.05) is 24.3 Å². The second-order valence-corrected chi connectivity index (χ2v) is 10.8. The number of likely N-dealkylation sites (N-methyl/N-ethyl adjacent to an activating group) is 2. The zero-order valence-electron chi connectivity index (χ0n) is 24.2. The molecule has 5 atom stereocenters. The summed E-state index contributed by atoms with van der Waals surface area (Å²) in [7, 11) is 1.57. The Balaban J connectivity index is 1.60. The summed E-state index contributed by atoms with van der Waals surface area (Å²) in [6, 6.07) is 7.06. The number of amides is 2. The molecule has 5 rings (SSSR count). The van der Waals surface area contributed by atoms with Gasteiger partial charge in [-0.3, -0.25) is 9.59 Å². The maximum atomic E-state index is 15.0. The Morgan fingerprint density at radius 2 is 1.92 bits per heavy atom. The van der Waals surface area contributed by atoms with E-state index < -0.39 is 72.1 Å². The Bertz CT molecular complexity index is 1420. The van der Waals surface area contributed by atoms with E-state index in [1.807, 2.05) is 0 Å². The Hall–Kier alpha value is -3.24. The van der Waals surface area contributed by atoms with E-state index >= 15 is 0 Å². The van der Waals surface area contributed by atoms with Gasteiger partial charge in [-0.05, 0) is 49.1 Å². The van der Waals surface area contributed by atoms with Crippen molar-refractivity contribution in [2.75, 3.05) is 32.0 Å². The zero-order valence-corrected chi connectivity index (χ0v) is 21.2. The van der Waals surface area contributed by atoms with Gasteiger partial charge in [0.05, 0.1) is 6.04 Å². The van der Waals surface area contributed by atoms with Gasteiger partial charge in [0, 0.05) is 54.3 Å². The minimum absolute atomic E-state index is 0.0556. The lowest BCUT2D eigenvalue weighted by molar-refractivity contribution is -0.228.